The first-order chi connectivity index (χ1) is 8.06. The second-order valence-electron chi connectivity index (χ2n) is 3.85. The number of carboxylic acids is 1. The van der Waals surface area contributed by atoms with Crippen LogP contribution in [0.15, 0.2) is 27.4 Å². The molecule has 90 valence electrons. The molecule has 2 rings (SSSR count). The lowest BCUT2D eigenvalue weighted by molar-refractivity contribution is -0.140. The molecule has 1 aromatic heterocycles. The summed E-state index contributed by atoms with van der Waals surface area (Å²) in [7, 11) is 0. The highest BCUT2D eigenvalue weighted by molar-refractivity contribution is 5.77. The summed E-state index contributed by atoms with van der Waals surface area (Å²) in [4.78, 5) is 24.1. The highest BCUT2D eigenvalue weighted by Crippen LogP contribution is 2.16. The number of H-pyrrole nitrogens is 1. The zero-order chi connectivity index (χ0) is 12.4. The lowest BCUT2D eigenvalue weighted by atomic mass is 10.2. The fraction of sp³-hybridized carbons (Fsp3) is 0.273. The van der Waals surface area contributed by atoms with E-state index in [-0.39, 0.29) is 0 Å². The van der Waals surface area contributed by atoms with E-state index in [1.807, 2.05) is 0 Å². The largest absolute Gasteiger partial charge is 0.481 e. The molecule has 17 heavy (non-hydrogen) atoms. The van der Waals surface area contributed by atoms with Gasteiger partial charge in [-0.05, 0) is 12.1 Å². The van der Waals surface area contributed by atoms with Crippen molar-refractivity contribution in [3.8, 4) is 0 Å². The summed E-state index contributed by atoms with van der Waals surface area (Å²) in [6, 6.07) is 5.11. The Morgan fingerprint density at radius 1 is 1.59 bits per heavy atom. The van der Waals surface area contributed by atoms with Crippen LogP contribution < -0.4 is 11.1 Å². The van der Waals surface area contributed by atoms with Gasteiger partial charge in [0.15, 0.2) is 5.58 Å². The van der Waals surface area contributed by atoms with Gasteiger partial charge in [-0.25, -0.2) is 4.79 Å². The van der Waals surface area contributed by atoms with Gasteiger partial charge >= 0.3 is 11.7 Å². The fourth-order valence-corrected chi connectivity index (χ4v) is 1.41. The molecule has 1 heterocycles. The molecular weight excluding hydrogens is 224 g/mol. The van der Waals surface area contributed by atoms with Crippen molar-refractivity contribution >= 4 is 22.8 Å². The SMILES string of the molecule is CC(CNc1ccc2[nH]c(=O)oc2c1)C(=O)O. The molecule has 1 unspecified atom stereocenters. The van der Waals surface area contributed by atoms with E-state index in [4.69, 9.17) is 9.52 Å². The van der Waals surface area contributed by atoms with Crippen LogP contribution in [-0.4, -0.2) is 22.6 Å². The summed E-state index contributed by atoms with van der Waals surface area (Å²) in [6.07, 6.45) is 0. The topological polar surface area (TPSA) is 95.3 Å². The molecule has 3 N–H and O–H groups in total. The van der Waals surface area contributed by atoms with Gasteiger partial charge < -0.3 is 14.8 Å². The molecule has 2 aromatic rings. The second kappa shape index (κ2) is 4.32. The summed E-state index contributed by atoms with van der Waals surface area (Å²) in [5.41, 5.74) is 1.78. The van der Waals surface area contributed by atoms with Gasteiger partial charge in [-0.2, -0.15) is 0 Å². The van der Waals surface area contributed by atoms with E-state index in [0.717, 1.165) is 0 Å². The lowest BCUT2D eigenvalue weighted by Gasteiger charge is -2.09. The van der Waals surface area contributed by atoms with Crippen molar-refractivity contribution in [3.05, 3.63) is 28.7 Å². The van der Waals surface area contributed by atoms with E-state index in [1.165, 1.54) is 0 Å². The van der Waals surface area contributed by atoms with Crippen molar-refractivity contribution in [2.24, 2.45) is 5.92 Å². The lowest BCUT2D eigenvalue weighted by Crippen LogP contribution is -2.19. The molecular formula is C11H12N2O4. The number of hydrogen-bond acceptors (Lipinski definition) is 4. The Hall–Kier alpha value is -2.24. The normalized spacial score (nSPS) is 12.5. The van der Waals surface area contributed by atoms with E-state index in [9.17, 15) is 9.59 Å². The Balaban J connectivity index is 2.14. The molecule has 1 atom stereocenters. The zero-order valence-corrected chi connectivity index (χ0v) is 9.19. The van der Waals surface area contributed by atoms with Gasteiger partial charge in [0.2, 0.25) is 0 Å². The molecule has 0 aliphatic rings. The standard InChI is InChI=1S/C11H12N2O4/c1-6(10(14)15)5-12-7-2-3-8-9(4-7)17-11(16)13-8/h2-4,6,12H,5H2,1H3,(H,13,16)(H,14,15). The predicted molar refractivity (Wildman–Crippen MR) is 62.1 cm³/mol. The van der Waals surface area contributed by atoms with Crippen LogP contribution in [-0.2, 0) is 4.79 Å². The molecule has 6 nitrogen and oxygen atoms in total. The van der Waals surface area contributed by atoms with Crippen LogP contribution in [0.2, 0.25) is 0 Å². The van der Waals surface area contributed by atoms with Crippen LogP contribution >= 0.6 is 0 Å². The summed E-state index contributed by atoms with van der Waals surface area (Å²) in [5.74, 6) is -1.84. The first kappa shape index (κ1) is 11.3. The number of nitrogens with one attached hydrogen (secondary N) is 2. The van der Waals surface area contributed by atoms with Crippen LogP contribution in [0.5, 0.6) is 0 Å². The number of benzene rings is 1. The Morgan fingerprint density at radius 2 is 2.35 bits per heavy atom. The first-order valence-electron chi connectivity index (χ1n) is 5.16. The number of aromatic amines is 1. The smallest absolute Gasteiger partial charge is 0.417 e. The van der Waals surface area contributed by atoms with Crippen LogP contribution in [0.4, 0.5) is 5.69 Å². The Morgan fingerprint density at radius 3 is 3.06 bits per heavy atom. The zero-order valence-electron chi connectivity index (χ0n) is 9.19. The van der Waals surface area contributed by atoms with Crippen LogP contribution in [0.25, 0.3) is 11.1 Å². The van der Waals surface area contributed by atoms with Gasteiger partial charge in [0.1, 0.15) is 0 Å². The summed E-state index contributed by atoms with van der Waals surface area (Å²) in [5, 5.41) is 11.7. The van der Waals surface area contributed by atoms with Crippen LogP contribution in [0.1, 0.15) is 6.92 Å². The molecule has 6 heteroatoms. The maximum Gasteiger partial charge on any atom is 0.417 e. The third kappa shape index (κ3) is 2.47. The molecule has 0 fully saturated rings. The van der Waals surface area contributed by atoms with Crippen molar-refractivity contribution in [1.82, 2.24) is 4.98 Å². The molecule has 0 bridgehead atoms. The summed E-state index contributed by atoms with van der Waals surface area (Å²) in [6.45, 7) is 1.93. The minimum Gasteiger partial charge on any atom is -0.481 e. The molecule has 0 aliphatic heterocycles. The summed E-state index contributed by atoms with van der Waals surface area (Å²) < 4.78 is 4.90. The van der Waals surface area contributed by atoms with Crippen molar-refractivity contribution in [3.63, 3.8) is 0 Å². The minimum absolute atomic E-state index is 0.315. The molecule has 1 aromatic carbocycles. The van der Waals surface area contributed by atoms with Gasteiger partial charge in [-0.1, -0.05) is 6.92 Å². The van der Waals surface area contributed by atoms with Gasteiger partial charge in [-0.15, -0.1) is 0 Å². The maximum atomic E-state index is 10.9. The highest BCUT2D eigenvalue weighted by Gasteiger charge is 2.10. The van der Waals surface area contributed by atoms with Crippen molar-refractivity contribution in [2.45, 2.75) is 6.92 Å². The molecule has 0 saturated carbocycles. The van der Waals surface area contributed by atoms with Crippen LogP contribution in [0, 0.1) is 5.92 Å². The van der Waals surface area contributed by atoms with E-state index in [1.54, 1.807) is 25.1 Å². The molecule has 0 spiro atoms. The third-order valence-corrected chi connectivity index (χ3v) is 2.45. The number of fused-ring (bicyclic) bond motifs is 1. The second-order valence-corrected chi connectivity index (χ2v) is 3.85. The fourth-order valence-electron chi connectivity index (χ4n) is 1.41. The van der Waals surface area contributed by atoms with Gasteiger partial charge in [0.05, 0.1) is 11.4 Å². The Kier molecular flexibility index (Phi) is 2.86. The number of carbonyl (C=O) groups is 1. The number of carboxylic acid groups (broad SMARTS) is 1. The number of oxazole rings is 1. The number of hydrogen-bond donors (Lipinski definition) is 3. The summed E-state index contributed by atoms with van der Waals surface area (Å²) >= 11 is 0. The molecule has 0 saturated heterocycles. The monoisotopic (exact) mass is 236 g/mol. The van der Waals surface area contributed by atoms with Crippen molar-refractivity contribution < 1.29 is 14.3 Å². The van der Waals surface area contributed by atoms with Gasteiger partial charge in [-0.3, -0.25) is 9.78 Å². The highest BCUT2D eigenvalue weighted by atomic mass is 16.4. The minimum atomic E-state index is -0.855. The number of aliphatic carboxylic acids is 1. The van der Waals surface area contributed by atoms with E-state index >= 15 is 0 Å². The van der Waals surface area contributed by atoms with Crippen molar-refractivity contribution in [2.75, 3.05) is 11.9 Å². The Labute approximate surface area is 96.3 Å². The average Bonchev–Trinajstić information content (AvgIpc) is 2.64. The van der Waals surface area contributed by atoms with Gasteiger partial charge in [0, 0.05) is 18.3 Å². The van der Waals surface area contributed by atoms with E-state index in [2.05, 4.69) is 10.3 Å². The first-order valence-corrected chi connectivity index (χ1v) is 5.16. The quantitative estimate of drug-likeness (QED) is 0.742. The van der Waals surface area contributed by atoms with Gasteiger partial charge in [0.25, 0.3) is 0 Å². The van der Waals surface area contributed by atoms with Crippen molar-refractivity contribution in [1.29, 1.82) is 0 Å². The number of rotatable bonds is 4. The maximum absolute atomic E-state index is 10.9. The molecule has 0 radical (unpaired) electrons. The van der Waals surface area contributed by atoms with E-state index < -0.39 is 17.6 Å². The predicted octanol–water partition coefficient (Wildman–Crippen LogP) is 1.25. The third-order valence-electron chi connectivity index (χ3n) is 2.45. The molecule has 0 aliphatic carbocycles. The average molecular weight is 236 g/mol. The number of anilines is 1. The van der Waals surface area contributed by atoms with E-state index in [0.29, 0.717) is 23.3 Å². The Bertz CT molecular complexity index is 599. The molecule has 0 amide bonds. The van der Waals surface area contributed by atoms with Crippen LogP contribution in [0.3, 0.4) is 0 Å². The number of aromatic nitrogens is 1.